The molecule has 2 rings (SSSR count). The van der Waals surface area contributed by atoms with E-state index in [1.165, 1.54) is 6.07 Å². The number of likely N-dealkylation sites (N-methyl/N-ethyl adjacent to an activating group) is 1. The molecule has 2 unspecified atom stereocenters. The van der Waals surface area contributed by atoms with Crippen molar-refractivity contribution in [2.45, 2.75) is 25.3 Å². The molecule has 0 aliphatic heterocycles. The molecule has 20 heavy (non-hydrogen) atoms. The average molecular weight is 292 g/mol. The highest BCUT2D eigenvalue weighted by molar-refractivity contribution is 6.30. The van der Waals surface area contributed by atoms with E-state index in [-0.39, 0.29) is 17.8 Å². The van der Waals surface area contributed by atoms with Crippen molar-refractivity contribution in [2.75, 3.05) is 7.05 Å². The molecule has 0 amide bonds. The zero-order valence-electron chi connectivity index (χ0n) is 11.7. The summed E-state index contributed by atoms with van der Waals surface area (Å²) in [4.78, 5) is 0. The Labute approximate surface area is 124 Å². The third kappa shape index (κ3) is 3.59. The summed E-state index contributed by atoms with van der Waals surface area (Å²) in [5.41, 5.74) is 1.91. The summed E-state index contributed by atoms with van der Waals surface area (Å²) in [5, 5.41) is 3.95. The van der Waals surface area contributed by atoms with Crippen LogP contribution >= 0.6 is 11.6 Å². The molecule has 0 spiro atoms. The quantitative estimate of drug-likeness (QED) is 0.860. The highest BCUT2D eigenvalue weighted by Crippen LogP contribution is 2.27. The molecule has 2 aromatic carbocycles. The Morgan fingerprint density at radius 1 is 1.10 bits per heavy atom. The number of halogens is 2. The lowest BCUT2D eigenvalue weighted by Crippen LogP contribution is -2.30. The zero-order valence-corrected chi connectivity index (χ0v) is 12.5. The molecule has 106 valence electrons. The Morgan fingerprint density at radius 2 is 1.75 bits per heavy atom. The van der Waals surface area contributed by atoms with Gasteiger partial charge in [0, 0.05) is 17.0 Å². The number of hydrogen-bond donors (Lipinski definition) is 1. The molecule has 2 aromatic rings. The smallest absolute Gasteiger partial charge is 0.126 e. The van der Waals surface area contributed by atoms with Crippen LogP contribution in [0.5, 0.6) is 0 Å². The summed E-state index contributed by atoms with van der Waals surface area (Å²) in [7, 11) is 1.90. The SMILES string of the molecule is CNC(C)C(Cc1ccc(Cl)cc1)c1ccccc1F. The molecular formula is C17H19ClFN. The summed E-state index contributed by atoms with van der Waals surface area (Å²) in [5.74, 6) is -0.0593. The van der Waals surface area contributed by atoms with Gasteiger partial charge in [0.2, 0.25) is 0 Å². The zero-order chi connectivity index (χ0) is 14.5. The van der Waals surface area contributed by atoms with E-state index in [2.05, 4.69) is 12.2 Å². The highest BCUT2D eigenvalue weighted by atomic mass is 35.5. The van der Waals surface area contributed by atoms with Crippen LogP contribution in [0, 0.1) is 5.82 Å². The van der Waals surface area contributed by atoms with E-state index in [1.807, 2.05) is 43.4 Å². The van der Waals surface area contributed by atoms with Crippen molar-refractivity contribution in [3.8, 4) is 0 Å². The first-order valence-corrected chi connectivity index (χ1v) is 7.15. The Bertz CT molecular complexity index is 553. The topological polar surface area (TPSA) is 12.0 Å². The van der Waals surface area contributed by atoms with Gasteiger partial charge in [-0.05, 0) is 49.7 Å². The monoisotopic (exact) mass is 291 g/mol. The molecule has 0 radical (unpaired) electrons. The summed E-state index contributed by atoms with van der Waals surface area (Å²) in [6, 6.07) is 14.9. The highest BCUT2D eigenvalue weighted by Gasteiger charge is 2.21. The van der Waals surface area contributed by atoms with Gasteiger partial charge in [0.1, 0.15) is 5.82 Å². The lowest BCUT2D eigenvalue weighted by molar-refractivity contribution is 0.470. The molecule has 0 fully saturated rings. The second kappa shape index (κ2) is 6.87. The second-order valence-corrected chi connectivity index (χ2v) is 5.47. The first-order chi connectivity index (χ1) is 9.61. The molecule has 0 aliphatic carbocycles. The molecule has 2 atom stereocenters. The summed E-state index contributed by atoms with van der Waals surface area (Å²) < 4.78 is 14.1. The van der Waals surface area contributed by atoms with Crippen LogP contribution in [-0.2, 0) is 6.42 Å². The minimum atomic E-state index is -0.145. The molecule has 0 aromatic heterocycles. The van der Waals surface area contributed by atoms with Gasteiger partial charge in [-0.25, -0.2) is 4.39 Å². The fraction of sp³-hybridized carbons (Fsp3) is 0.294. The first kappa shape index (κ1) is 15.0. The molecule has 0 heterocycles. The predicted octanol–water partition coefficient (Wildman–Crippen LogP) is 4.41. The second-order valence-electron chi connectivity index (χ2n) is 5.04. The molecule has 0 aliphatic rings. The molecule has 3 heteroatoms. The Hall–Kier alpha value is -1.38. The Balaban J connectivity index is 2.29. The van der Waals surface area contributed by atoms with E-state index in [9.17, 15) is 4.39 Å². The van der Waals surface area contributed by atoms with Crippen molar-refractivity contribution >= 4 is 11.6 Å². The van der Waals surface area contributed by atoms with Crippen LogP contribution < -0.4 is 5.32 Å². The number of hydrogen-bond acceptors (Lipinski definition) is 1. The maximum Gasteiger partial charge on any atom is 0.126 e. The molecule has 1 N–H and O–H groups in total. The van der Waals surface area contributed by atoms with E-state index in [1.54, 1.807) is 6.07 Å². The van der Waals surface area contributed by atoms with Gasteiger partial charge in [-0.3, -0.25) is 0 Å². The lowest BCUT2D eigenvalue weighted by atomic mass is 9.86. The average Bonchev–Trinajstić information content (AvgIpc) is 2.47. The van der Waals surface area contributed by atoms with Crippen LogP contribution in [0.3, 0.4) is 0 Å². The molecule has 0 saturated heterocycles. The van der Waals surface area contributed by atoms with Crippen molar-refractivity contribution in [1.82, 2.24) is 5.32 Å². The van der Waals surface area contributed by atoms with Crippen molar-refractivity contribution in [3.63, 3.8) is 0 Å². The third-order valence-electron chi connectivity index (χ3n) is 3.73. The van der Waals surface area contributed by atoms with Crippen molar-refractivity contribution < 1.29 is 4.39 Å². The van der Waals surface area contributed by atoms with Crippen LogP contribution in [0.25, 0.3) is 0 Å². The summed E-state index contributed by atoms with van der Waals surface area (Å²) in [6.45, 7) is 2.08. The number of rotatable bonds is 5. The van der Waals surface area contributed by atoms with Gasteiger partial charge in [0.25, 0.3) is 0 Å². The largest absolute Gasteiger partial charge is 0.317 e. The van der Waals surface area contributed by atoms with Gasteiger partial charge in [0.15, 0.2) is 0 Å². The van der Waals surface area contributed by atoms with E-state index in [4.69, 9.17) is 11.6 Å². The Morgan fingerprint density at radius 3 is 2.35 bits per heavy atom. The van der Waals surface area contributed by atoms with Gasteiger partial charge in [-0.2, -0.15) is 0 Å². The molecular weight excluding hydrogens is 273 g/mol. The first-order valence-electron chi connectivity index (χ1n) is 6.78. The predicted molar refractivity (Wildman–Crippen MR) is 82.8 cm³/mol. The maximum absolute atomic E-state index is 14.1. The van der Waals surface area contributed by atoms with E-state index >= 15 is 0 Å². The summed E-state index contributed by atoms with van der Waals surface area (Å²) in [6.07, 6.45) is 0.778. The summed E-state index contributed by atoms with van der Waals surface area (Å²) >= 11 is 5.91. The fourth-order valence-electron chi connectivity index (χ4n) is 2.41. The molecule has 1 nitrogen and oxygen atoms in total. The van der Waals surface area contributed by atoms with Crippen molar-refractivity contribution in [1.29, 1.82) is 0 Å². The standard InChI is InChI=1S/C17H19ClFN/c1-12(20-2)16(15-5-3-4-6-17(15)19)11-13-7-9-14(18)10-8-13/h3-10,12,16,20H,11H2,1-2H3. The molecule has 0 saturated carbocycles. The van der Waals surface area contributed by atoms with Gasteiger partial charge in [0.05, 0.1) is 0 Å². The van der Waals surface area contributed by atoms with E-state index in [0.717, 1.165) is 22.6 Å². The van der Waals surface area contributed by atoms with Gasteiger partial charge >= 0.3 is 0 Å². The Kier molecular flexibility index (Phi) is 5.16. The molecule has 0 bridgehead atoms. The third-order valence-corrected chi connectivity index (χ3v) is 3.98. The van der Waals surface area contributed by atoms with Crippen LogP contribution in [0.15, 0.2) is 48.5 Å². The number of nitrogens with one attached hydrogen (secondary N) is 1. The van der Waals surface area contributed by atoms with Gasteiger partial charge in [-0.1, -0.05) is 41.9 Å². The van der Waals surface area contributed by atoms with Gasteiger partial charge < -0.3 is 5.32 Å². The van der Waals surface area contributed by atoms with Gasteiger partial charge in [-0.15, -0.1) is 0 Å². The van der Waals surface area contributed by atoms with Crippen molar-refractivity contribution in [2.24, 2.45) is 0 Å². The number of benzene rings is 2. The van der Waals surface area contributed by atoms with Crippen LogP contribution in [0.2, 0.25) is 5.02 Å². The van der Waals surface area contributed by atoms with E-state index in [0.29, 0.717) is 0 Å². The van der Waals surface area contributed by atoms with E-state index < -0.39 is 0 Å². The maximum atomic E-state index is 14.1. The minimum Gasteiger partial charge on any atom is -0.317 e. The van der Waals surface area contributed by atoms with Crippen LogP contribution in [0.4, 0.5) is 4.39 Å². The van der Waals surface area contributed by atoms with Crippen molar-refractivity contribution in [3.05, 3.63) is 70.5 Å². The minimum absolute atomic E-state index is 0.0855. The lowest BCUT2D eigenvalue weighted by Gasteiger charge is -2.24. The van der Waals surface area contributed by atoms with Crippen LogP contribution in [0.1, 0.15) is 24.0 Å². The normalized spacial score (nSPS) is 14.0. The fourth-order valence-corrected chi connectivity index (χ4v) is 2.53. The van der Waals surface area contributed by atoms with Crippen LogP contribution in [-0.4, -0.2) is 13.1 Å².